The minimum Gasteiger partial charge on any atom is -0.283 e. The molecule has 1 aliphatic rings. The number of rotatable bonds is 1. The van der Waals surface area contributed by atoms with Gasteiger partial charge in [0.05, 0.1) is 6.61 Å². The number of hydroxylamine groups is 1. The van der Waals surface area contributed by atoms with Gasteiger partial charge in [-0.3, -0.25) is 4.84 Å². The predicted molar refractivity (Wildman–Crippen MR) is 30.9 cm³/mol. The Bertz CT molecular complexity index is 68.8. The maximum Gasteiger partial charge on any atom is 0.0841 e. The van der Waals surface area contributed by atoms with E-state index in [0.29, 0.717) is 6.04 Å². The number of hydrazine groups is 1. The summed E-state index contributed by atoms with van der Waals surface area (Å²) >= 11 is 0. The Kier molecular flexibility index (Phi) is 1.83. The lowest BCUT2D eigenvalue weighted by atomic mass is 10.4. The zero-order valence-electron chi connectivity index (χ0n) is 5.35. The molecule has 48 valence electrons. The van der Waals surface area contributed by atoms with E-state index < -0.39 is 0 Å². The van der Waals surface area contributed by atoms with Gasteiger partial charge in [0.2, 0.25) is 0 Å². The summed E-state index contributed by atoms with van der Waals surface area (Å²) in [5, 5.41) is 1.78. The molecule has 1 heterocycles. The molecule has 1 N–H and O–H groups in total. The summed E-state index contributed by atoms with van der Waals surface area (Å²) in [7, 11) is 0. The third-order valence-electron chi connectivity index (χ3n) is 1.07. The van der Waals surface area contributed by atoms with Crippen molar-refractivity contribution in [2.24, 2.45) is 0 Å². The average Bonchev–Trinajstić information content (AvgIpc) is 2.12. The third kappa shape index (κ3) is 1.18. The second-order valence-electron chi connectivity index (χ2n) is 2.16. The first-order valence-corrected chi connectivity index (χ1v) is 2.96. The van der Waals surface area contributed by atoms with E-state index in [4.69, 9.17) is 4.84 Å². The maximum absolute atomic E-state index is 5.14. The molecule has 3 heteroatoms. The van der Waals surface area contributed by atoms with Gasteiger partial charge in [-0.05, 0) is 13.8 Å². The van der Waals surface area contributed by atoms with Crippen molar-refractivity contribution in [3.63, 3.8) is 0 Å². The lowest BCUT2D eigenvalue weighted by molar-refractivity contribution is -0.162. The van der Waals surface area contributed by atoms with Gasteiger partial charge in [0.1, 0.15) is 0 Å². The number of nitrogens with zero attached hydrogens (tertiary/aromatic N) is 1. The van der Waals surface area contributed by atoms with E-state index >= 15 is 0 Å². The summed E-state index contributed by atoms with van der Waals surface area (Å²) in [6.07, 6.45) is 0. The van der Waals surface area contributed by atoms with Crippen molar-refractivity contribution in [1.29, 1.82) is 0 Å². The molecule has 0 aliphatic carbocycles. The highest BCUT2D eigenvalue weighted by atomic mass is 16.7. The van der Waals surface area contributed by atoms with Crippen molar-refractivity contribution in [2.75, 3.05) is 13.2 Å². The molecule has 1 saturated heterocycles. The summed E-state index contributed by atoms with van der Waals surface area (Å²) < 4.78 is 0. The summed E-state index contributed by atoms with van der Waals surface area (Å²) in [4.78, 5) is 5.14. The molecule has 0 aromatic heterocycles. The number of hydrogen-bond donors (Lipinski definition) is 1. The Labute approximate surface area is 49.5 Å². The molecule has 1 fully saturated rings. The van der Waals surface area contributed by atoms with Crippen molar-refractivity contribution in [1.82, 2.24) is 10.6 Å². The Balaban J connectivity index is 2.24. The van der Waals surface area contributed by atoms with E-state index in [1.54, 1.807) is 5.17 Å². The van der Waals surface area contributed by atoms with Gasteiger partial charge in [0, 0.05) is 12.6 Å². The predicted octanol–water partition coefficient (Wildman–Crippen LogP) is 0.147. The van der Waals surface area contributed by atoms with Gasteiger partial charge >= 0.3 is 0 Å². The highest BCUT2D eigenvalue weighted by molar-refractivity contribution is 4.51. The molecule has 0 amide bonds. The number of nitrogens with one attached hydrogen (secondary N) is 1. The van der Waals surface area contributed by atoms with Crippen LogP contribution < -0.4 is 5.43 Å². The molecule has 0 unspecified atom stereocenters. The summed E-state index contributed by atoms with van der Waals surface area (Å²) in [5.74, 6) is 0. The van der Waals surface area contributed by atoms with Crippen molar-refractivity contribution < 1.29 is 4.84 Å². The lowest BCUT2D eigenvalue weighted by Crippen LogP contribution is -2.35. The second-order valence-corrected chi connectivity index (χ2v) is 2.16. The normalized spacial score (nSPS) is 22.9. The van der Waals surface area contributed by atoms with Crippen LogP contribution in [-0.4, -0.2) is 24.4 Å². The van der Waals surface area contributed by atoms with Crippen molar-refractivity contribution in [3.8, 4) is 0 Å². The fourth-order valence-corrected chi connectivity index (χ4v) is 0.677. The van der Waals surface area contributed by atoms with E-state index in [0.717, 1.165) is 13.2 Å². The summed E-state index contributed by atoms with van der Waals surface area (Å²) in [6, 6.07) is 0.442. The molecule has 1 rings (SSSR count). The monoisotopic (exact) mass is 116 g/mol. The first kappa shape index (κ1) is 6.01. The van der Waals surface area contributed by atoms with E-state index in [2.05, 4.69) is 19.3 Å². The molecule has 0 bridgehead atoms. The molecule has 0 spiro atoms. The highest BCUT2D eigenvalue weighted by Gasteiger charge is 2.13. The topological polar surface area (TPSA) is 24.5 Å². The van der Waals surface area contributed by atoms with E-state index in [1.807, 2.05) is 0 Å². The van der Waals surface area contributed by atoms with Crippen LogP contribution in [0.3, 0.4) is 0 Å². The van der Waals surface area contributed by atoms with E-state index in [1.165, 1.54) is 0 Å². The molecule has 0 radical (unpaired) electrons. The standard InChI is InChI=1S/C5H12N2O/c1-5(2)7-6-3-4-8-7/h5-6H,3-4H2,1-2H3. The van der Waals surface area contributed by atoms with Crippen molar-refractivity contribution >= 4 is 0 Å². The van der Waals surface area contributed by atoms with Crippen LogP contribution >= 0.6 is 0 Å². The van der Waals surface area contributed by atoms with Crippen LogP contribution in [0.1, 0.15) is 13.8 Å². The van der Waals surface area contributed by atoms with Crippen LogP contribution in [0.5, 0.6) is 0 Å². The summed E-state index contributed by atoms with van der Waals surface area (Å²) in [5.41, 5.74) is 3.07. The molecule has 0 saturated carbocycles. The van der Waals surface area contributed by atoms with Crippen molar-refractivity contribution in [2.45, 2.75) is 19.9 Å². The largest absolute Gasteiger partial charge is 0.283 e. The van der Waals surface area contributed by atoms with Gasteiger partial charge in [0.25, 0.3) is 0 Å². The van der Waals surface area contributed by atoms with Crippen LogP contribution in [0.2, 0.25) is 0 Å². The van der Waals surface area contributed by atoms with Gasteiger partial charge in [-0.2, -0.15) is 0 Å². The van der Waals surface area contributed by atoms with Crippen LogP contribution in [0, 0.1) is 0 Å². The fourth-order valence-electron chi connectivity index (χ4n) is 0.677. The first-order valence-electron chi connectivity index (χ1n) is 2.96. The fraction of sp³-hybridized carbons (Fsp3) is 1.00. The van der Waals surface area contributed by atoms with E-state index in [-0.39, 0.29) is 0 Å². The highest BCUT2D eigenvalue weighted by Crippen LogP contribution is 1.98. The second kappa shape index (κ2) is 2.44. The zero-order valence-corrected chi connectivity index (χ0v) is 5.35. The maximum atomic E-state index is 5.14. The minimum absolute atomic E-state index is 0.442. The van der Waals surface area contributed by atoms with Crippen LogP contribution in [0.15, 0.2) is 0 Å². The SMILES string of the molecule is CC(C)N1NCCO1. The first-order chi connectivity index (χ1) is 3.80. The molecule has 0 aromatic carbocycles. The van der Waals surface area contributed by atoms with Crippen LogP contribution in [0.4, 0.5) is 0 Å². The van der Waals surface area contributed by atoms with Gasteiger partial charge < -0.3 is 0 Å². The Morgan fingerprint density at radius 2 is 2.38 bits per heavy atom. The van der Waals surface area contributed by atoms with Crippen LogP contribution in [0.25, 0.3) is 0 Å². The molecule has 0 atom stereocenters. The Hall–Kier alpha value is -0.120. The van der Waals surface area contributed by atoms with Gasteiger partial charge in [-0.15, -0.1) is 5.17 Å². The van der Waals surface area contributed by atoms with Gasteiger partial charge in [-0.1, -0.05) is 0 Å². The third-order valence-corrected chi connectivity index (χ3v) is 1.07. The molecule has 3 nitrogen and oxygen atoms in total. The quantitative estimate of drug-likeness (QED) is 0.527. The Morgan fingerprint density at radius 1 is 1.62 bits per heavy atom. The Morgan fingerprint density at radius 3 is 2.62 bits per heavy atom. The average molecular weight is 116 g/mol. The molecular weight excluding hydrogens is 104 g/mol. The lowest BCUT2D eigenvalue weighted by Gasteiger charge is -2.16. The zero-order chi connectivity index (χ0) is 5.98. The minimum atomic E-state index is 0.442. The molecule has 0 aromatic rings. The smallest absolute Gasteiger partial charge is 0.0841 e. The van der Waals surface area contributed by atoms with Gasteiger partial charge in [0.15, 0.2) is 0 Å². The molecule has 8 heavy (non-hydrogen) atoms. The van der Waals surface area contributed by atoms with E-state index in [9.17, 15) is 0 Å². The van der Waals surface area contributed by atoms with Crippen molar-refractivity contribution in [3.05, 3.63) is 0 Å². The van der Waals surface area contributed by atoms with Gasteiger partial charge in [-0.25, -0.2) is 5.43 Å². The molecule has 1 aliphatic heterocycles. The molecular formula is C5H12N2O. The number of hydrogen-bond acceptors (Lipinski definition) is 3. The van der Waals surface area contributed by atoms with Crippen LogP contribution in [-0.2, 0) is 4.84 Å². The summed E-state index contributed by atoms with van der Waals surface area (Å²) in [6.45, 7) is 5.91.